The second kappa shape index (κ2) is 13.5. The first kappa shape index (κ1) is 31.7. The Bertz CT molecular complexity index is 1790. The molecule has 0 aliphatic carbocycles. The molecular weight excluding hydrogens is 587 g/mol. The fourth-order valence-electron chi connectivity index (χ4n) is 5.40. The van der Waals surface area contributed by atoms with Crippen molar-refractivity contribution in [2.75, 3.05) is 38.0 Å². The lowest BCUT2D eigenvalue weighted by atomic mass is 9.99. The standard InChI is InChI=1S/C30H33N7O.C2HF3O2/c1-20(2)18-36-11-13-37(14-12-36)19-22-5-3-8-27(33-22)30(38)34-28-15-21(16-29-25(28)17-32-35-29)23-6-4-7-26-24(23)9-10-31-26;3-2(4,5)1(6)7/h3-10,15-17,20,31H,11-14,18-19H2,1-2H3,(H,32,35)(H,34,38);(H,6,7). The zero-order valence-electron chi connectivity index (χ0n) is 24.9. The summed E-state index contributed by atoms with van der Waals surface area (Å²) in [6.07, 6.45) is -1.40. The second-order valence-corrected chi connectivity index (χ2v) is 11.3. The van der Waals surface area contributed by atoms with Crippen LogP contribution >= 0.6 is 0 Å². The van der Waals surface area contributed by atoms with Crippen molar-refractivity contribution in [1.82, 2.24) is 30.0 Å². The predicted octanol–water partition coefficient (Wildman–Crippen LogP) is 5.77. The molecule has 1 aliphatic rings. The molecule has 2 aromatic carbocycles. The molecule has 13 heteroatoms. The lowest BCUT2D eigenvalue weighted by Gasteiger charge is -2.35. The molecule has 6 rings (SSSR count). The number of halogens is 3. The van der Waals surface area contributed by atoms with Crippen molar-refractivity contribution in [3.8, 4) is 11.1 Å². The van der Waals surface area contributed by atoms with Crippen molar-refractivity contribution in [3.05, 3.63) is 78.4 Å². The summed E-state index contributed by atoms with van der Waals surface area (Å²) in [6, 6.07) is 18.0. The molecule has 1 saturated heterocycles. The van der Waals surface area contributed by atoms with Crippen molar-refractivity contribution in [2.24, 2.45) is 5.92 Å². The van der Waals surface area contributed by atoms with Crippen LogP contribution in [0.2, 0.25) is 0 Å². The van der Waals surface area contributed by atoms with Crippen LogP contribution in [0.5, 0.6) is 0 Å². The number of nitrogens with one attached hydrogen (secondary N) is 3. The van der Waals surface area contributed by atoms with Crippen molar-refractivity contribution >= 4 is 39.4 Å². The van der Waals surface area contributed by atoms with Gasteiger partial charge >= 0.3 is 12.1 Å². The highest BCUT2D eigenvalue weighted by Gasteiger charge is 2.38. The summed E-state index contributed by atoms with van der Waals surface area (Å²) in [7, 11) is 0. The topological polar surface area (TPSA) is 130 Å². The monoisotopic (exact) mass is 621 g/mol. The van der Waals surface area contributed by atoms with Crippen molar-refractivity contribution < 1.29 is 27.9 Å². The number of pyridine rings is 1. The number of aromatic amines is 2. The number of carbonyl (C=O) groups excluding carboxylic acids is 1. The van der Waals surface area contributed by atoms with E-state index < -0.39 is 12.1 Å². The van der Waals surface area contributed by atoms with E-state index in [1.807, 2.05) is 30.5 Å². The summed E-state index contributed by atoms with van der Waals surface area (Å²) in [5.41, 5.74) is 6.05. The minimum atomic E-state index is -5.08. The van der Waals surface area contributed by atoms with Gasteiger partial charge in [-0.15, -0.1) is 0 Å². The third kappa shape index (κ3) is 7.86. The summed E-state index contributed by atoms with van der Waals surface area (Å²) >= 11 is 0. The largest absolute Gasteiger partial charge is 0.490 e. The van der Waals surface area contributed by atoms with E-state index in [-0.39, 0.29) is 5.91 Å². The number of carbonyl (C=O) groups is 2. The molecule has 1 fully saturated rings. The fraction of sp³-hybridized carbons (Fsp3) is 0.312. The molecule has 236 valence electrons. The SMILES string of the molecule is CC(C)CN1CCN(Cc2cccc(C(=O)Nc3cc(-c4cccc5[nH]ccc45)cc4[nH]ncc34)n2)CC1.O=C(O)C(F)(F)F. The predicted molar refractivity (Wildman–Crippen MR) is 166 cm³/mol. The van der Waals surface area contributed by atoms with E-state index in [9.17, 15) is 18.0 Å². The highest BCUT2D eigenvalue weighted by Crippen LogP contribution is 2.34. The molecule has 5 aromatic rings. The van der Waals surface area contributed by atoms with Gasteiger partial charge in [-0.2, -0.15) is 18.3 Å². The Balaban J connectivity index is 0.000000515. The number of aliphatic carboxylic acids is 1. The molecule has 4 heterocycles. The number of nitrogens with zero attached hydrogens (tertiary/aromatic N) is 4. The van der Waals surface area contributed by atoms with Crippen molar-refractivity contribution in [3.63, 3.8) is 0 Å². The molecule has 4 N–H and O–H groups in total. The zero-order chi connectivity index (χ0) is 32.1. The third-order valence-corrected chi connectivity index (χ3v) is 7.47. The molecule has 0 radical (unpaired) electrons. The number of amides is 1. The van der Waals surface area contributed by atoms with Crippen LogP contribution in [0.1, 0.15) is 30.0 Å². The van der Waals surface area contributed by atoms with Gasteiger partial charge in [-0.1, -0.05) is 32.0 Å². The minimum absolute atomic E-state index is 0.229. The Morgan fingerprint density at radius 3 is 2.40 bits per heavy atom. The number of aromatic nitrogens is 4. The Morgan fingerprint density at radius 1 is 0.978 bits per heavy atom. The van der Waals surface area contributed by atoms with Crippen molar-refractivity contribution in [2.45, 2.75) is 26.6 Å². The number of fused-ring (bicyclic) bond motifs is 2. The number of carboxylic acid groups (broad SMARTS) is 1. The van der Waals surface area contributed by atoms with Crippen LogP contribution in [0, 0.1) is 5.92 Å². The lowest BCUT2D eigenvalue weighted by Crippen LogP contribution is -2.47. The Kier molecular flexibility index (Phi) is 9.49. The number of hydrogen-bond acceptors (Lipinski definition) is 6. The Morgan fingerprint density at radius 2 is 1.69 bits per heavy atom. The molecule has 0 spiro atoms. The van der Waals surface area contributed by atoms with Gasteiger partial charge in [0.1, 0.15) is 5.69 Å². The zero-order valence-corrected chi connectivity index (χ0v) is 24.9. The number of rotatable bonds is 7. The highest BCUT2D eigenvalue weighted by molar-refractivity contribution is 6.09. The van der Waals surface area contributed by atoms with Crippen molar-refractivity contribution in [1.29, 1.82) is 0 Å². The van der Waals surface area contributed by atoms with Crippen LogP contribution in [0.15, 0.2) is 67.0 Å². The molecule has 0 atom stereocenters. The molecule has 1 amide bonds. The summed E-state index contributed by atoms with van der Waals surface area (Å²) in [5, 5.41) is 19.5. The summed E-state index contributed by atoms with van der Waals surface area (Å²) in [6.45, 7) is 10.6. The van der Waals surface area contributed by atoms with E-state index in [1.54, 1.807) is 12.3 Å². The quantitative estimate of drug-likeness (QED) is 0.182. The van der Waals surface area contributed by atoms with Gasteiger partial charge in [0, 0.05) is 61.8 Å². The fourth-order valence-corrected chi connectivity index (χ4v) is 5.40. The van der Waals surface area contributed by atoms with Gasteiger partial charge in [0.15, 0.2) is 0 Å². The maximum absolute atomic E-state index is 13.4. The van der Waals surface area contributed by atoms with E-state index in [1.165, 1.54) is 0 Å². The number of alkyl halides is 3. The van der Waals surface area contributed by atoms with Gasteiger partial charge in [0.05, 0.1) is 23.1 Å². The van der Waals surface area contributed by atoms with Gasteiger partial charge in [-0.05, 0) is 53.4 Å². The highest BCUT2D eigenvalue weighted by atomic mass is 19.4. The number of H-pyrrole nitrogens is 2. The average molecular weight is 622 g/mol. The van der Waals surface area contributed by atoms with E-state index >= 15 is 0 Å². The van der Waals surface area contributed by atoms with Crippen LogP contribution < -0.4 is 5.32 Å². The number of carboxylic acids is 1. The average Bonchev–Trinajstić information content (AvgIpc) is 3.68. The van der Waals surface area contributed by atoms with Gasteiger partial charge in [0.25, 0.3) is 5.91 Å². The number of anilines is 1. The first-order chi connectivity index (χ1) is 21.5. The lowest BCUT2D eigenvalue weighted by molar-refractivity contribution is -0.192. The minimum Gasteiger partial charge on any atom is -0.475 e. The third-order valence-electron chi connectivity index (χ3n) is 7.47. The molecule has 3 aromatic heterocycles. The normalized spacial score (nSPS) is 14.4. The van der Waals surface area contributed by atoms with Gasteiger partial charge in [0.2, 0.25) is 0 Å². The van der Waals surface area contributed by atoms with E-state index in [0.717, 1.165) is 77.9 Å². The van der Waals surface area contributed by atoms with Crippen LogP contribution in [0.25, 0.3) is 32.9 Å². The maximum atomic E-state index is 13.4. The van der Waals surface area contributed by atoms with E-state index in [2.05, 4.69) is 68.4 Å². The Labute approximate surface area is 257 Å². The molecular formula is C32H34F3N7O3. The van der Waals surface area contributed by atoms with E-state index in [0.29, 0.717) is 17.3 Å². The van der Waals surface area contributed by atoms with Crippen LogP contribution in [-0.2, 0) is 11.3 Å². The number of piperazine rings is 1. The molecule has 1 aliphatic heterocycles. The molecule has 10 nitrogen and oxygen atoms in total. The summed E-state index contributed by atoms with van der Waals surface area (Å²) in [4.78, 5) is 35.2. The van der Waals surface area contributed by atoms with Gasteiger partial charge in [-0.25, -0.2) is 9.78 Å². The van der Waals surface area contributed by atoms with E-state index in [4.69, 9.17) is 14.9 Å². The number of benzene rings is 2. The van der Waals surface area contributed by atoms with Crippen LogP contribution in [0.3, 0.4) is 0 Å². The first-order valence-corrected chi connectivity index (χ1v) is 14.5. The summed E-state index contributed by atoms with van der Waals surface area (Å²) in [5.74, 6) is -2.30. The van der Waals surface area contributed by atoms with Crippen LogP contribution in [0.4, 0.5) is 18.9 Å². The van der Waals surface area contributed by atoms with Gasteiger partial charge < -0.3 is 20.3 Å². The molecule has 0 bridgehead atoms. The summed E-state index contributed by atoms with van der Waals surface area (Å²) < 4.78 is 31.7. The number of hydrogen-bond donors (Lipinski definition) is 4. The maximum Gasteiger partial charge on any atom is 0.490 e. The van der Waals surface area contributed by atoms with Crippen LogP contribution in [-0.4, -0.2) is 85.8 Å². The molecule has 45 heavy (non-hydrogen) atoms. The smallest absolute Gasteiger partial charge is 0.475 e. The Hall–Kier alpha value is -4.75. The molecule has 0 unspecified atom stereocenters. The second-order valence-electron chi connectivity index (χ2n) is 11.3. The van der Waals surface area contributed by atoms with Gasteiger partial charge in [-0.3, -0.25) is 14.8 Å². The first-order valence-electron chi connectivity index (χ1n) is 14.5. The molecule has 0 saturated carbocycles.